The summed E-state index contributed by atoms with van der Waals surface area (Å²) in [5.74, 6) is 0.102. The number of nitrogens with one attached hydrogen (secondary N) is 3. The maximum absolute atomic E-state index is 11.8. The van der Waals surface area contributed by atoms with Crippen molar-refractivity contribution in [3.63, 3.8) is 0 Å². The molecule has 1 fully saturated rings. The number of aromatic amines is 1. The molecule has 3 N–H and O–H groups in total. The summed E-state index contributed by atoms with van der Waals surface area (Å²) >= 11 is 0. The Morgan fingerprint density at radius 3 is 3.05 bits per heavy atom. The van der Waals surface area contributed by atoms with Gasteiger partial charge in [-0.1, -0.05) is 6.07 Å². The van der Waals surface area contributed by atoms with E-state index in [0.29, 0.717) is 12.6 Å². The Bertz CT molecular complexity index is 586. The lowest BCUT2D eigenvalue weighted by atomic mass is 10.1. The second kappa shape index (κ2) is 5.05. The molecular weight excluding hydrogens is 238 g/mol. The molecular formula is C15H19N3O. The number of hydrogen-bond acceptors (Lipinski definition) is 2. The van der Waals surface area contributed by atoms with Gasteiger partial charge in [-0.05, 0) is 48.9 Å². The van der Waals surface area contributed by atoms with Crippen molar-refractivity contribution in [2.24, 2.45) is 0 Å². The summed E-state index contributed by atoms with van der Waals surface area (Å²) in [5.41, 5.74) is 2.33. The van der Waals surface area contributed by atoms with Crippen molar-refractivity contribution < 1.29 is 4.79 Å². The molecule has 1 aliphatic rings. The Balaban J connectivity index is 1.56. The van der Waals surface area contributed by atoms with Gasteiger partial charge in [-0.15, -0.1) is 0 Å². The van der Waals surface area contributed by atoms with E-state index in [0.717, 1.165) is 18.4 Å². The van der Waals surface area contributed by atoms with Gasteiger partial charge in [0.1, 0.15) is 0 Å². The molecule has 100 valence electrons. The Morgan fingerprint density at radius 2 is 2.26 bits per heavy atom. The van der Waals surface area contributed by atoms with Crippen LogP contribution in [0.2, 0.25) is 0 Å². The van der Waals surface area contributed by atoms with E-state index in [1.165, 1.54) is 10.9 Å². The van der Waals surface area contributed by atoms with Crippen LogP contribution in [0.25, 0.3) is 10.9 Å². The van der Waals surface area contributed by atoms with Crippen LogP contribution in [-0.2, 0) is 11.3 Å². The predicted molar refractivity (Wildman–Crippen MR) is 75.8 cm³/mol. The summed E-state index contributed by atoms with van der Waals surface area (Å²) in [6.07, 6.45) is 4.19. The van der Waals surface area contributed by atoms with Crippen LogP contribution in [0.15, 0.2) is 30.5 Å². The van der Waals surface area contributed by atoms with Gasteiger partial charge >= 0.3 is 0 Å². The maximum atomic E-state index is 11.8. The topological polar surface area (TPSA) is 56.9 Å². The van der Waals surface area contributed by atoms with E-state index in [9.17, 15) is 4.79 Å². The van der Waals surface area contributed by atoms with Gasteiger partial charge in [0.25, 0.3) is 0 Å². The summed E-state index contributed by atoms with van der Waals surface area (Å²) < 4.78 is 0. The molecule has 0 radical (unpaired) electrons. The number of carbonyl (C=O) groups is 1. The van der Waals surface area contributed by atoms with Gasteiger partial charge in [0.05, 0.1) is 6.04 Å². The van der Waals surface area contributed by atoms with Crippen LogP contribution in [-0.4, -0.2) is 23.0 Å². The van der Waals surface area contributed by atoms with Crippen molar-refractivity contribution in [2.45, 2.75) is 38.4 Å². The third-order valence-electron chi connectivity index (χ3n) is 3.55. The van der Waals surface area contributed by atoms with Crippen LogP contribution < -0.4 is 10.6 Å². The van der Waals surface area contributed by atoms with E-state index in [1.807, 2.05) is 13.1 Å². The van der Waals surface area contributed by atoms with E-state index < -0.39 is 0 Å². The number of hydrogen-bond donors (Lipinski definition) is 3. The van der Waals surface area contributed by atoms with E-state index in [4.69, 9.17) is 0 Å². The first-order valence-corrected chi connectivity index (χ1v) is 6.82. The van der Waals surface area contributed by atoms with Gasteiger partial charge in [-0.25, -0.2) is 0 Å². The molecule has 0 aliphatic heterocycles. The highest BCUT2D eigenvalue weighted by atomic mass is 16.2. The van der Waals surface area contributed by atoms with Crippen LogP contribution in [0.1, 0.15) is 25.3 Å². The fourth-order valence-corrected chi connectivity index (χ4v) is 2.13. The highest BCUT2D eigenvalue weighted by Crippen LogP contribution is 2.18. The van der Waals surface area contributed by atoms with E-state index >= 15 is 0 Å². The second-order valence-corrected chi connectivity index (χ2v) is 5.28. The standard InChI is InChI=1S/C15H19N3O/c1-10(15(19)18-13-3-4-13)17-9-11-2-5-14-12(8-11)6-7-16-14/h2,5-8,10,13,16-17H,3-4,9H2,1H3,(H,18,19). The first kappa shape index (κ1) is 12.2. The van der Waals surface area contributed by atoms with Crippen LogP contribution >= 0.6 is 0 Å². The smallest absolute Gasteiger partial charge is 0.237 e. The molecule has 4 nitrogen and oxygen atoms in total. The quantitative estimate of drug-likeness (QED) is 0.766. The number of amides is 1. The average molecular weight is 257 g/mol. The van der Waals surface area contributed by atoms with Crippen molar-refractivity contribution in [2.75, 3.05) is 0 Å². The van der Waals surface area contributed by atoms with Crippen LogP contribution in [0.3, 0.4) is 0 Å². The summed E-state index contributed by atoms with van der Waals surface area (Å²) in [5, 5.41) is 7.48. The fraction of sp³-hybridized carbons (Fsp3) is 0.400. The number of benzene rings is 1. The normalized spacial score (nSPS) is 16.5. The molecule has 19 heavy (non-hydrogen) atoms. The predicted octanol–water partition coefficient (Wildman–Crippen LogP) is 1.92. The van der Waals surface area contributed by atoms with Crippen molar-refractivity contribution in [3.05, 3.63) is 36.0 Å². The highest BCUT2D eigenvalue weighted by molar-refractivity contribution is 5.82. The maximum Gasteiger partial charge on any atom is 0.237 e. The van der Waals surface area contributed by atoms with Gasteiger partial charge in [0.15, 0.2) is 0 Å². The Morgan fingerprint density at radius 1 is 1.42 bits per heavy atom. The Labute approximate surface area is 112 Å². The molecule has 1 atom stereocenters. The molecule has 2 aromatic rings. The van der Waals surface area contributed by atoms with Crippen molar-refractivity contribution in [1.29, 1.82) is 0 Å². The average Bonchev–Trinajstić information content (AvgIpc) is 3.10. The number of fused-ring (bicyclic) bond motifs is 1. The van der Waals surface area contributed by atoms with Gasteiger partial charge in [0.2, 0.25) is 5.91 Å². The molecule has 0 bridgehead atoms. The molecule has 0 spiro atoms. The minimum absolute atomic E-state index is 0.102. The minimum atomic E-state index is -0.150. The van der Waals surface area contributed by atoms with Crippen molar-refractivity contribution in [1.82, 2.24) is 15.6 Å². The molecule has 1 saturated carbocycles. The van der Waals surface area contributed by atoms with Crippen LogP contribution in [0.5, 0.6) is 0 Å². The van der Waals surface area contributed by atoms with Crippen molar-refractivity contribution in [3.8, 4) is 0 Å². The lowest BCUT2D eigenvalue weighted by molar-refractivity contribution is -0.122. The van der Waals surface area contributed by atoms with Gasteiger partial charge in [-0.2, -0.15) is 0 Å². The molecule has 0 saturated heterocycles. The zero-order valence-electron chi connectivity index (χ0n) is 11.1. The lowest BCUT2D eigenvalue weighted by Crippen LogP contribution is -2.42. The minimum Gasteiger partial charge on any atom is -0.361 e. The van der Waals surface area contributed by atoms with Crippen LogP contribution in [0, 0.1) is 0 Å². The number of H-pyrrole nitrogens is 1. The van der Waals surface area contributed by atoms with E-state index in [2.05, 4.69) is 39.9 Å². The molecule has 1 aliphatic carbocycles. The summed E-state index contributed by atoms with van der Waals surface area (Å²) in [7, 11) is 0. The molecule has 4 heteroatoms. The van der Waals surface area contributed by atoms with Crippen LogP contribution in [0.4, 0.5) is 0 Å². The summed E-state index contributed by atoms with van der Waals surface area (Å²) in [6.45, 7) is 2.62. The van der Waals surface area contributed by atoms with E-state index in [-0.39, 0.29) is 11.9 Å². The summed E-state index contributed by atoms with van der Waals surface area (Å²) in [4.78, 5) is 15.0. The first-order chi connectivity index (χ1) is 9.22. The SMILES string of the molecule is CC(NCc1ccc2[nH]ccc2c1)C(=O)NC1CC1. The molecule has 1 aromatic carbocycles. The zero-order chi connectivity index (χ0) is 13.2. The third-order valence-corrected chi connectivity index (χ3v) is 3.55. The Kier molecular flexibility index (Phi) is 3.25. The highest BCUT2D eigenvalue weighted by Gasteiger charge is 2.25. The van der Waals surface area contributed by atoms with Gasteiger partial charge < -0.3 is 15.6 Å². The fourth-order valence-electron chi connectivity index (χ4n) is 2.13. The first-order valence-electron chi connectivity index (χ1n) is 6.82. The van der Waals surface area contributed by atoms with Gasteiger partial charge in [0, 0.05) is 24.3 Å². The molecule has 1 heterocycles. The van der Waals surface area contributed by atoms with Crippen molar-refractivity contribution >= 4 is 16.8 Å². The lowest BCUT2D eigenvalue weighted by Gasteiger charge is -2.13. The number of carbonyl (C=O) groups excluding carboxylic acids is 1. The van der Waals surface area contributed by atoms with Gasteiger partial charge in [-0.3, -0.25) is 4.79 Å². The monoisotopic (exact) mass is 257 g/mol. The number of aromatic nitrogens is 1. The molecule has 1 unspecified atom stereocenters. The summed E-state index contributed by atoms with van der Waals surface area (Å²) in [6, 6.07) is 8.63. The molecule has 3 rings (SSSR count). The second-order valence-electron chi connectivity index (χ2n) is 5.28. The molecule has 1 amide bonds. The number of rotatable bonds is 5. The van der Waals surface area contributed by atoms with E-state index in [1.54, 1.807) is 0 Å². The third kappa shape index (κ3) is 2.96. The largest absolute Gasteiger partial charge is 0.361 e. The molecule has 1 aromatic heterocycles. The Hall–Kier alpha value is -1.81. The zero-order valence-corrected chi connectivity index (χ0v) is 11.1.